The van der Waals surface area contributed by atoms with Crippen LogP contribution in [-0.4, -0.2) is 53.5 Å². The van der Waals surface area contributed by atoms with Gasteiger partial charge in [-0.1, -0.05) is 44.7 Å². The normalized spacial score (nSPS) is 13.3. The first-order valence-corrected chi connectivity index (χ1v) is 14.9. The second-order valence-electron chi connectivity index (χ2n) is 12.3. The molecule has 3 unspecified atom stereocenters. The van der Waals surface area contributed by atoms with Gasteiger partial charge in [0.25, 0.3) is 5.91 Å². The summed E-state index contributed by atoms with van der Waals surface area (Å²) in [5.41, 5.74) is 6.46. The van der Waals surface area contributed by atoms with Crippen molar-refractivity contribution in [3.63, 3.8) is 0 Å². The molecule has 0 aliphatic carbocycles. The average Bonchev–Trinajstić information content (AvgIpc) is 2.95. The molecule has 44 heavy (non-hydrogen) atoms. The van der Waals surface area contributed by atoms with Crippen LogP contribution in [0, 0.1) is 5.92 Å². The Morgan fingerprint density at radius 3 is 2.20 bits per heavy atom. The molecule has 240 valence electrons. The molecule has 2 rings (SSSR count). The van der Waals surface area contributed by atoms with Crippen molar-refractivity contribution >= 4 is 35.6 Å². The zero-order valence-electron chi connectivity index (χ0n) is 27.0. The van der Waals surface area contributed by atoms with Crippen molar-refractivity contribution < 1.29 is 28.7 Å². The lowest BCUT2D eigenvalue weighted by Crippen LogP contribution is -2.55. The van der Waals surface area contributed by atoms with Crippen molar-refractivity contribution in [1.29, 1.82) is 0 Å². The average molecular weight is 609 g/mol. The maximum absolute atomic E-state index is 14.5. The van der Waals surface area contributed by atoms with E-state index in [0.717, 1.165) is 12.0 Å². The highest BCUT2D eigenvalue weighted by Gasteiger charge is 2.39. The zero-order chi connectivity index (χ0) is 33.0. The lowest BCUT2D eigenvalue weighted by atomic mass is 9.95. The van der Waals surface area contributed by atoms with E-state index in [1.165, 1.54) is 4.90 Å². The third kappa shape index (κ3) is 11.4. The van der Waals surface area contributed by atoms with Crippen molar-refractivity contribution in [2.24, 2.45) is 11.7 Å². The van der Waals surface area contributed by atoms with E-state index in [1.807, 2.05) is 13.0 Å². The summed E-state index contributed by atoms with van der Waals surface area (Å²) in [4.78, 5) is 54.9. The van der Waals surface area contributed by atoms with Gasteiger partial charge in [0.1, 0.15) is 23.4 Å². The van der Waals surface area contributed by atoms with Crippen LogP contribution in [-0.2, 0) is 19.1 Å². The minimum atomic E-state index is -1.18. The minimum absolute atomic E-state index is 0.0691. The topological polar surface area (TPSA) is 140 Å². The van der Waals surface area contributed by atoms with Crippen molar-refractivity contribution in [2.75, 3.05) is 12.4 Å². The van der Waals surface area contributed by atoms with Gasteiger partial charge in [-0.15, -0.1) is 0 Å². The van der Waals surface area contributed by atoms with Gasteiger partial charge in [0, 0.05) is 18.2 Å². The number of benzene rings is 2. The molecule has 10 heteroatoms. The van der Waals surface area contributed by atoms with Gasteiger partial charge in [-0.25, -0.2) is 4.79 Å². The number of hydrogen-bond acceptors (Lipinski definition) is 6. The van der Waals surface area contributed by atoms with Crippen LogP contribution in [0.2, 0.25) is 0 Å². The van der Waals surface area contributed by atoms with Crippen LogP contribution in [0.15, 0.2) is 55.1 Å². The first kappa shape index (κ1) is 35.9. The first-order valence-electron chi connectivity index (χ1n) is 14.9. The summed E-state index contributed by atoms with van der Waals surface area (Å²) in [7, 11) is 1.55. The zero-order valence-corrected chi connectivity index (χ0v) is 27.0. The maximum atomic E-state index is 14.5. The lowest BCUT2D eigenvalue weighted by molar-refractivity contribution is -0.143. The van der Waals surface area contributed by atoms with Crippen LogP contribution in [0.1, 0.15) is 84.4 Å². The fourth-order valence-corrected chi connectivity index (χ4v) is 4.67. The van der Waals surface area contributed by atoms with E-state index in [-0.39, 0.29) is 12.8 Å². The maximum Gasteiger partial charge on any atom is 0.408 e. The van der Waals surface area contributed by atoms with Crippen LogP contribution >= 0.6 is 0 Å². The molecule has 0 saturated heterocycles. The van der Waals surface area contributed by atoms with Gasteiger partial charge in [-0.05, 0) is 94.3 Å². The smallest absolute Gasteiger partial charge is 0.408 e. The summed E-state index contributed by atoms with van der Waals surface area (Å²) in [6, 6.07) is 11.4. The number of nitrogens with two attached hydrogens (primary N) is 1. The molecule has 10 nitrogen and oxygen atoms in total. The molecule has 0 radical (unpaired) electrons. The summed E-state index contributed by atoms with van der Waals surface area (Å²) in [5, 5.41) is 5.58. The molecule has 0 spiro atoms. The summed E-state index contributed by atoms with van der Waals surface area (Å²) in [6.45, 7) is 15.0. The molecule has 2 aromatic carbocycles. The molecule has 3 atom stereocenters. The number of methoxy groups -OCH3 is 1. The highest BCUT2D eigenvalue weighted by molar-refractivity contribution is 5.99. The van der Waals surface area contributed by atoms with Crippen LogP contribution in [0.5, 0.6) is 5.75 Å². The Bertz CT molecular complexity index is 1290. The lowest BCUT2D eigenvalue weighted by Gasteiger charge is -2.39. The predicted octanol–water partition coefficient (Wildman–Crippen LogP) is 5.83. The van der Waals surface area contributed by atoms with Crippen LogP contribution < -0.4 is 21.1 Å². The number of anilines is 1. The first-order chi connectivity index (χ1) is 20.6. The molecule has 4 amide bonds. The summed E-state index contributed by atoms with van der Waals surface area (Å²) >= 11 is 0. The number of carbonyl (C=O) groups excluding carboxylic acids is 4. The number of amides is 4. The number of rotatable bonds is 15. The Morgan fingerprint density at radius 2 is 1.66 bits per heavy atom. The van der Waals surface area contributed by atoms with Gasteiger partial charge >= 0.3 is 6.09 Å². The number of alkyl carbamates (subject to hydrolysis) is 1. The van der Waals surface area contributed by atoms with E-state index in [2.05, 4.69) is 31.1 Å². The molecule has 0 aliphatic heterocycles. The molecule has 0 fully saturated rings. The predicted molar refractivity (Wildman–Crippen MR) is 173 cm³/mol. The Kier molecular flexibility index (Phi) is 13.4. The standard InChI is InChI=1S/C34H48N4O6/c1-9-24-11-10-12-25(21-24)30(31(40)36-26-15-17-27(43-8)18-16-26)38(23(4)14-13-22(2)3)32(41)28(19-20-29(35)39)37-33(42)44-34(5,6)7/h9-12,15-18,21-23,28,30H,1,13-14,19-20H2,2-8H3,(H2,35,39)(H,36,40)(H,37,42). The summed E-state index contributed by atoms with van der Waals surface area (Å²) < 4.78 is 10.7. The van der Waals surface area contributed by atoms with E-state index >= 15 is 0 Å². The SMILES string of the molecule is C=Cc1cccc(C(C(=O)Nc2ccc(OC)cc2)N(C(=O)C(CCC(N)=O)NC(=O)OC(C)(C)C)C(C)CCC(C)C)c1. The van der Waals surface area contributed by atoms with Crippen LogP contribution in [0.4, 0.5) is 10.5 Å². The second-order valence-corrected chi connectivity index (χ2v) is 12.3. The quantitative estimate of drug-likeness (QED) is 0.232. The van der Waals surface area contributed by atoms with Gasteiger partial charge in [-0.3, -0.25) is 14.4 Å². The van der Waals surface area contributed by atoms with Crippen molar-refractivity contribution in [3.05, 3.63) is 66.2 Å². The summed E-state index contributed by atoms with van der Waals surface area (Å²) in [5.74, 6) is -0.640. The molecule has 0 bridgehead atoms. The number of ether oxygens (including phenoxy) is 2. The highest BCUT2D eigenvalue weighted by Crippen LogP contribution is 2.30. The van der Waals surface area contributed by atoms with E-state index < -0.39 is 47.5 Å². The van der Waals surface area contributed by atoms with E-state index in [0.29, 0.717) is 29.3 Å². The van der Waals surface area contributed by atoms with Crippen molar-refractivity contribution in [3.8, 4) is 5.75 Å². The van der Waals surface area contributed by atoms with Gasteiger partial charge in [0.05, 0.1) is 7.11 Å². The van der Waals surface area contributed by atoms with E-state index in [1.54, 1.807) is 76.4 Å². The van der Waals surface area contributed by atoms with Gasteiger partial charge < -0.3 is 30.7 Å². The molecule has 0 aromatic heterocycles. The molecule has 0 aliphatic rings. The third-order valence-electron chi connectivity index (χ3n) is 6.91. The van der Waals surface area contributed by atoms with Gasteiger partial charge in [0.2, 0.25) is 11.8 Å². The fourth-order valence-electron chi connectivity index (χ4n) is 4.67. The molecular formula is C34H48N4O6. The Labute approximate surface area is 261 Å². The van der Waals surface area contributed by atoms with E-state index in [4.69, 9.17) is 15.2 Å². The highest BCUT2D eigenvalue weighted by atomic mass is 16.6. The van der Waals surface area contributed by atoms with Crippen molar-refractivity contribution in [1.82, 2.24) is 10.2 Å². The Morgan fingerprint density at radius 1 is 1.00 bits per heavy atom. The van der Waals surface area contributed by atoms with Gasteiger partial charge in [-0.2, -0.15) is 0 Å². The van der Waals surface area contributed by atoms with Crippen LogP contribution in [0.25, 0.3) is 6.08 Å². The Hall–Kier alpha value is -4.34. The monoisotopic (exact) mass is 608 g/mol. The number of hydrogen-bond donors (Lipinski definition) is 3. The number of carbonyl (C=O) groups is 4. The molecule has 2 aromatic rings. The molecular weight excluding hydrogens is 560 g/mol. The largest absolute Gasteiger partial charge is 0.497 e. The molecule has 0 heterocycles. The van der Waals surface area contributed by atoms with Gasteiger partial charge in [0.15, 0.2) is 0 Å². The fraction of sp³-hybridized carbons (Fsp3) is 0.471. The summed E-state index contributed by atoms with van der Waals surface area (Å²) in [6.07, 6.45) is 2.00. The second kappa shape index (κ2) is 16.5. The minimum Gasteiger partial charge on any atom is -0.497 e. The molecule has 4 N–H and O–H groups in total. The number of nitrogens with zero attached hydrogens (tertiary/aromatic N) is 1. The van der Waals surface area contributed by atoms with Crippen LogP contribution in [0.3, 0.4) is 0 Å². The number of primary amides is 1. The van der Waals surface area contributed by atoms with Crippen molar-refractivity contribution in [2.45, 2.75) is 91.0 Å². The number of nitrogens with one attached hydrogen (secondary N) is 2. The van der Waals surface area contributed by atoms with E-state index in [9.17, 15) is 19.2 Å². The third-order valence-corrected chi connectivity index (χ3v) is 6.91. The Balaban J connectivity index is 2.67. The molecule has 0 saturated carbocycles.